The van der Waals surface area contributed by atoms with E-state index in [-0.39, 0.29) is 16.3 Å². The maximum Gasteiger partial charge on any atom is 0.274 e. The number of nitrogens with zero attached hydrogens (tertiary/aromatic N) is 2. The molecular weight excluding hydrogens is 366 g/mol. The van der Waals surface area contributed by atoms with Crippen LogP contribution in [-0.2, 0) is 14.1 Å². The monoisotopic (exact) mass is 384 g/mol. The molecule has 0 spiro atoms. The molecule has 3 aromatic rings. The first-order valence-corrected chi connectivity index (χ1v) is 8.40. The zero-order valence-electron chi connectivity index (χ0n) is 15.6. The molecule has 0 amide bonds. The molecule has 1 aromatic heterocycles. The fourth-order valence-electron chi connectivity index (χ4n) is 2.79. The highest BCUT2D eigenvalue weighted by atomic mass is 19.1. The molecule has 144 valence electrons. The normalized spacial score (nSPS) is 12.5. The standard InChI is InChI=1S/C21H18F2N2O3/c1-24-18(10-13-4-8-16(28-3)9-5-13)20(26)25(2)19(21(24)27)11-14-6-7-15(22)12-17(14)23/h4-12H,1-3H3. The number of methoxy groups -OCH3 is 1. The molecule has 7 heteroatoms. The van der Waals surface area contributed by atoms with E-state index < -0.39 is 22.8 Å². The molecule has 0 fully saturated rings. The van der Waals surface area contributed by atoms with E-state index in [4.69, 9.17) is 4.74 Å². The van der Waals surface area contributed by atoms with Gasteiger partial charge in [0, 0.05) is 25.7 Å². The Labute approximate surface area is 159 Å². The molecule has 0 radical (unpaired) electrons. The summed E-state index contributed by atoms with van der Waals surface area (Å²) < 4.78 is 34.5. The summed E-state index contributed by atoms with van der Waals surface area (Å²) in [5, 5.41) is 0.166. The van der Waals surface area contributed by atoms with Crippen LogP contribution in [-0.4, -0.2) is 16.2 Å². The van der Waals surface area contributed by atoms with Crippen molar-refractivity contribution >= 4 is 12.2 Å². The maximum atomic E-state index is 13.9. The minimum Gasteiger partial charge on any atom is -0.497 e. The van der Waals surface area contributed by atoms with Gasteiger partial charge in [0.1, 0.15) is 28.1 Å². The van der Waals surface area contributed by atoms with Crippen LogP contribution >= 0.6 is 0 Å². The van der Waals surface area contributed by atoms with Crippen LogP contribution in [0.25, 0.3) is 12.2 Å². The molecule has 2 aromatic carbocycles. The van der Waals surface area contributed by atoms with Crippen molar-refractivity contribution in [1.29, 1.82) is 0 Å². The van der Waals surface area contributed by atoms with Crippen LogP contribution in [0.15, 0.2) is 52.1 Å². The number of hydrogen-bond acceptors (Lipinski definition) is 3. The van der Waals surface area contributed by atoms with Gasteiger partial charge in [0.15, 0.2) is 0 Å². The van der Waals surface area contributed by atoms with Crippen LogP contribution in [0.3, 0.4) is 0 Å². The van der Waals surface area contributed by atoms with E-state index in [0.717, 1.165) is 16.7 Å². The molecule has 1 heterocycles. The topological polar surface area (TPSA) is 53.2 Å². The van der Waals surface area contributed by atoms with Gasteiger partial charge in [-0.2, -0.15) is 0 Å². The number of benzene rings is 2. The second-order valence-electron chi connectivity index (χ2n) is 6.23. The molecule has 5 nitrogen and oxygen atoms in total. The first-order chi connectivity index (χ1) is 13.3. The summed E-state index contributed by atoms with van der Waals surface area (Å²) in [5.41, 5.74) is -0.174. The first-order valence-electron chi connectivity index (χ1n) is 8.40. The van der Waals surface area contributed by atoms with Crippen molar-refractivity contribution in [2.45, 2.75) is 0 Å². The fraction of sp³-hybridized carbons (Fsp3) is 0.143. The lowest BCUT2D eigenvalue weighted by Gasteiger charge is -2.06. The first kappa shape index (κ1) is 19.3. The Balaban J connectivity index is 2.25. The molecule has 0 aliphatic carbocycles. The van der Waals surface area contributed by atoms with Crippen LogP contribution in [0.2, 0.25) is 0 Å². The summed E-state index contributed by atoms with van der Waals surface area (Å²) in [7, 11) is 4.46. The maximum absolute atomic E-state index is 13.9. The molecule has 0 saturated heterocycles. The molecule has 0 bridgehead atoms. The second-order valence-corrected chi connectivity index (χ2v) is 6.23. The zero-order chi connectivity index (χ0) is 20.4. The third kappa shape index (κ3) is 3.64. The van der Waals surface area contributed by atoms with E-state index in [1.54, 1.807) is 37.5 Å². The molecule has 0 atom stereocenters. The third-order valence-electron chi connectivity index (χ3n) is 4.44. The second kappa shape index (κ2) is 7.64. The average Bonchev–Trinajstić information content (AvgIpc) is 2.69. The summed E-state index contributed by atoms with van der Waals surface area (Å²) >= 11 is 0. The number of aromatic nitrogens is 2. The molecular formula is C21H18F2N2O3. The van der Waals surface area contributed by atoms with Crippen LogP contribution in [0.1, 0.15) is 11.1 Å². The third-order valence-corrected chi connectivity index (χ3v) is 4.44. The van der Waals surface area contributed by atoms with Gasteiger partial charge < -0.3 is 13.9 Å². The molecule has 0 aliphatic rings. The minimum atomic E-state index is -0.816. The predicted octanol–water partition coefficient (Wildman–Crippen LogP) is 1.03. The number of ether oxygens (including phenoxy) is 1. The highest BCUT2D eigenvalue weighted by Gasteiger charge is 2.08. The van der Waals surface area contributed by atoms with Crippen LogP contribution in [0.5, 0.6) is 5.75 Å². The molecule has 0 N–H and O–H groups in total. The summed E-state index contributed by atoms with van der Waals surface area (Å²) in [6.07, 6.45) is 2.82. The van der Waals surface area contributed by atoms with Crippen molar-refractivity contribution in [2.75, 3.05) is 7.11 Å². The van der Waals surface area contributed by atoms with E-state index in [1.807, 2.05) is 0 Å². The Bertz CT molecular complexity index is 1270. The van der Waals surface area contributed by atoms with Crippen LogP contribution in [0, 0.1) is 11.6 Å². The van der Waals surface area contributed by atoms with Crippen molar-refractivity contribution in [3.05, 3.63) is 96.6 Å². The zero-order valence-corrected chi connectivity index (χ0v) is 15.6. The van der Waals surface area contributed by atoms with E-state index in [0.29, 0.717) is 11.3 Å². The largest absolute Gasteiger partial charge is 0.497 e. The Hall–Kier alpha value is -3.48. The predicted molar refractivity (Wildman–Crippen MR) is 103 cm³/mol. The van der Waals surface area contributed by atoms with Gasteiger partial charge in [-0.1, -0.05) is 12.1 Å². The van der Waals surface area contributed by atoms with Crippen molar-refractivity contribution < 1.29 is 13.5 Å². The van der Waals surface area contributed by atoms with Crippen LogP contribution in [0.4, 0.5) is 8.78 Å². The van der Waals surface area contributed by atoms with Gasteiger partial charge in [0.25, 0.3) is 11.1 Å². The smallest absolute Gasteiger partial charge is 0.274 e. The van der Waals surface area contributed by atoms with Gasteiger partial charge in [0.05, 0.1) is 7.11 Å². The van der Waals surface area contributed by atoms with Crippen molar-refractivity contribution in [3.63, 3.8) is 0 Å². The van der Waals surface area contributed by atoms with Gasteiger partial charge in [-0.25, -0.2) is 8.78 Å². The molecule has 0 saturated carbocycles. The SMILES string of the molecule is COc1ccc(C=c2c(=O)n(C)c(=Cc3ccc(F)cc3F)c(=O)n2C)cc1. The van der Waals surface area contributed by atoms with E-state index >= 15 is 0 Å². The highest BCUT2D eigenvalue weighted by Crippen LogP contribution is 2.11. The van der Waals surface area contributed by atoms with E-state index in [9.17, 15) is 18.4 Å². The summed E-state index contributed by atoms with van der Waals surface area (Å²) in [6.45, 7) is 0. The Morgan fingerprint density at radius 1 is 0.857 bits per heavy atom. The van der Waals surface area contributed by atoms with Crippen LogP contribution < -0.4 is 26.6 Å². The van der Waals surface area contributed by atoms with Gasteiger partial charge in [0.2, 0.25) is 0 Å². The summed E-state index contributed by atoms with van der Waals surface area (Å²) in [6, 6.07) is 10.0. The van der Waals surface area contributed by atoms with Gasteiger partial charge in [-0.05, 0) is 42.0 Å². The lowest BCUT2D eigenvalue weighted by molar-refractivity contribution is 0.415. The number of rotatable bonds is 3. The Morgan fingerprint density at radius 3 is 1.96 bits per heavy atom. The van der Waals surface area contributed by atoms with Crippen molar-refractivity contribution in [1.82, 2.24) is 9.13 Å². The number of hydrogen-bond donors (Lipinski definition) is 0. The lowest BCUT2D eigenvalue weighted by Crippen LogP contribution is -2.56. The molecule has 28 heavy (non-hydrogen) atoms. The Kier molecular flexibility index (Phi) is 5.26. The van der Waals surface area contributed by atoms with E-state index in [2.05, 4.69) is 0 Å². The quantitative estimate of drug-likeness (QED) is 0.678. The summed E-state index contributed by atoms with van der Waals surface area (Å²) in [4.78, 5) is 25.6. The molecule has 0 aliphatic heterocycles. The molecule has 0 unspecified atom stereocenters. The highest BCUT2D eigenvalue weighted by molar-refractivity contribution is 5.51. The lowest BCUT2D eigenvalue weighted by atomic mass is 10.2. The molecule has 3 rings (SSSR count). The van der Waals surface area contributed by atoms with E-state index in [1.165, 1.54) is 30.8 Å². The van der Waals surface area contributed by atoms with Crippen molar-refractivity contribution in [3.8, 4) is 5.75 Å². The average molecular weight is 384 g/mol. The fourth-order valence-corrected chi connectivity index (χ4v) is 2.79. The van der Waals surface area contributed by atoms with Gasteiger partial charge in [-0.3, -0.25) is 9.59 Å². The van der Waals surface area contributed by atoms with Gasteiger partial charge in [-0.15, -0.1) is 0 Å². The summed E-state index contributed by atoms with van der Waals surface area (Å²) in [5.74, 6) is -0.866. The van der Waals surface area contributed by atoms with Gasteiger partial charge >= 0.3 is 0 Å². The minimum absolute atomic E-state index is 0.00936. The number of halogens is 2. The van der Waals surface area contributed by atoms with Crippen molar-refractivity contribution in [2.24, 2.45) is 14.1 Å². The Morgan fingerprint density at radius 2 is 1.43 bits per heavy atom.